The number of carbonyl (C=O) groups is 1. The number of anilines is 2. The van der Waals surface area contributed by atoms with E-state index in [0.29, 0.717) is 16.1 Å². The van der Waals surface area contributed by atoms with Crippen molar-refractivity contribution < 1.29 is 13.2 Å². The first-order valence-electron chi connectivity index (χ1n) is 11.4. The largest absolute Gasteiger partial charge is 0.378 e. The van der Waals surface area contributed by atoms with Crippen molar-refractivity contribution in [3.05, 3.63) is 125 Å². The minimum absolute atomic E-state index is 0.0335. The van der Waals surface area contributed by atoms with Gasteiger partial charge in [-0.2, -0.15) is 0 Å². The first-order valence-corrected chi connectivity index (χ1v) is 13.2. The zero-order valence-corrected chi connectivity index (χ0v) is 21.9. The Bertz CT molecular complexity index is 1460. The summed E-state index contributed by atoms with van der Waals surface area (Å²) in [7, 11) is -0.435. The Morgan fingerprint density at radius 3 is 1.92 bits per heavy atom. The number of halogens is 1. The van der Waals surface area contributed by atoms with Gasteiger partial charge in [0.05, 0.1) is 16.5 Å². The van der Waals surface area contributed by atoms with Crippen LogP contribution in [0.15, 0.2) is 108 Å². The fourth-order valence-corrected chi connectivity index (χ4v) is 5.73. The zero-order valence-electron chi connectivity index (χ0n) is 20.3. The number of hydrogen-bond donors (Lipinski definition) is 0. The van der Waals surface area contributed by atoms with E-state index in [0.717, 1.165) is 15.6 Å². The maximum atomic E-state index is 14.4. The number of benzene rings is 4. The number of nitrogens with zero attached hydrogens (tertiary/aromatic N) is 2. The van der Waals surface area contributed by atoms with E-state index in [4.69, 9.17) is 11.6 Å². The fraction of sp³-hybridized carbons (Fsp3) is 0.138. The fourth-order valence-electron chi connectivity index (χ4n) is 4.01. The van der Waals surface area contributed by atoms with Gasteiger partial charge < -0.3 is 4.90 Å². The molecule has 0 aliphatic carbocycles. The highest BCUT2D eigenvalue weighted by molar-refractivity contribution is 7.93. The van der Waals surface area contributed by atoms with E-state index >= 15 is 0 Å². The minimum Gasteiger partial charge on any atom is -0.378 e. The molecule has 0 spiro atoms. The molecule has 4 rings (SSSR count). The predicted octanol–water partition coefficient (Wildman–Crippen LogP) is 6.27. The average molecular weight is 519 g/mol. The van der Waals surface area contributed by atoms with Crippen LogP contribution in [0, 0.1) is 6.92 Å². The van der Waals surface area contributed by atoms with Crippen LogP contribution in [0.1, 0.15) is 22.6 Å². The monoisotopic (exact) mass is 518 g/mol. The van der Waals surface area contributed by atoms with Crippen molar-refractivity contribution in [3.8, 4) is 0 Å². The number of hydrogen-bond acceptors (Lipinski definition) is 4. The number of sulfonamides is 1. The molecule has 0 saturated carbocycles. The van der Waals surface area contributed by atoms with E-state index in [1.807, 2.05) is 50.2 Å². The first-order chi connectivity index (χ1) is 17.2. The summed E-state index contributed by atoms with van der Waals surface area (Å²) in [6.45, 7) is 1.88. The lowest BCUT2D eigenvalue weighted by Gasteiger charge is -2.28. The highest BCUT2D eigenvalue weighted by Gasteiger charge is 2.37. The maximum absolute atomic E-state index is 14.4. The van der Waals surface area contributed by atoms with E-state index in [1.165, 1.54) is 12.1 Å². The van der Waals surface area contributed by atoms with Gasteiger partial charge in [0, 0.05) is 24.8 Å². The molecule has 184 valence electrons. The van der Waals surface area contributed by atoms with Crippen LogP contribution in [-0.2, 0) is 14.8 Å². The van der Waals surface area contributed by atoms with Crippen LogP contribution in [0.25, 0.3) is 0 Å². The molecule has 0 fully saturated rings. The van der Waals surface area contributed by atoms with E-state index in [-0.39, 0.29) is 10.6 Å². The lowest BCUT2D eigenvalue weighted by molar-refractivity contribution is -0.118. The second-order valence-electron chi connectivity index (χ2n) is 8.70. The Morgan fingerprint density at radius 2 is 1.36 bits per heavy atom. The third kappa shape index (κ3) is 5.15. The summed E-state index contributed by atoms with van der Waals surface area (Å²) >= 11 is 6.71. The van der Waals surface area contributed by atoms with Crippen molar-refractivity contribution in [3.63, 3.8) is 0 Å². The average Bonchev–Trinajstić information content (AvgIpc) is 2.86. The number of para-hydroxylation sites is 1. The number of rotatable bonds is 7. The molecule has 1 unspecified atom stereocenters. The molecule has 4 aromatic carbocycles. The van der Waals surface area contributed by atoms with Gasteiger partial charge >= 0.3 is 0 Å². The molecule has 0 aromatic heterocycles. The summed E-state index contributed by atoms with van der Waals surface area (Å²) < 4.78 is 28.8. The van der Waals surface area contributed by atoms with Gasteiger partial charge in [-0.3, -0.25) is 4.79 Å². The number of carbonyl (C=O) groups excluding carboxylic acids is 1. The molecular formula is C29H27ClN2O3S. The summed E-state index contributed by atoms with van der Waals surface area (Å²) in [4.78, 5) is 16.3. The van der Waals surface area contributed by atoms with Crippen LogP contribution in [-0.4, -0.2) is 28.4 Å². The second kappa shape index (κ2) is 10.6. The van der Waals surface area contributed by atoms with Gasteiger partial charge in [0.2, 0.25) is 0 Å². The van der Waals surface area contributed by atoms with Crippen LogP contribution in [0.4, 0.5) is 11.4 Å². The van der Waals surface area contributed by atoms with Crippen molar-refractivity contribution in [1.82, 2.24) is 0 Å². The van der Waals surface area contributed by atoms with Gasteiger partial charge in [0.1, 0.15) is 0 Å². The van der Waals surface area contributed by atoms with Gasteiger partial charge in [-0.15, -0.1) is 0 Å². The van der Waals surface area contributed by atoms with Gasteiger partial charge in [0.25, 0.3) is 15.9 Å². The summed E-state index contributed by atoms with van der Waals surface area (Å²) in [5, 5.41) is 0.379. The van der Waals surface area contributed by atoms with Gasteiger partial charge in [-0.25, -0.2) is 12.7 Å². The normalized spacial score (nSPS) is 12.1. The van der Waals surface area contributed by atoms with Crippen molar-refractivity contribution >= 4 is 38.9 Å². The highest BCUT2D eigenvalue weighted by atomic mass is 35.5. The number of aryl methyl sites for hydroxylation is 1. The molecule has 36 heavy (non-hydrogen) atoms. The molecule has 0 bridgehead atoms. The Hall–Kier alpha value is -3.61. The number of amides is 1. The molecule has 0 aliphatic rings. The van der Waals surface area contributed by atoms with Crippen LogP contribution >= 0.6 is 11.6 Å². The van der Waals surface area contributed by atoms with Gasteiger partial charge in [-0.1, -0.05) is 83.9 Å². The van der Waals surface area contributed by atoms with Crippen LogP contribution in [0.5, 0.6) is 0 Å². The predicted molar refractivity (Wildman–Crippen MR) is 146 cm³/mol. The summed E-state index contributed by atoms with van der Waals surface area (Å²) in [6.07, 6.45) is 0. The zero-order chi connectivity index (χ0) is 25.9. The van der Waals surface area contributed by atoms with Gasteiger partial charge in [0.15, 0.2) is 0 Å². The third-order valence-electron chi connectivity index (χ3n) is 5.94. The Labute approximate surface area is 217 Å². The molecule has 0 aliphatic heterocycles. The smallest absolute Gasteiger partial charge is 0.270 e. The standard InChI is InChI=1S/C29H27ClN2O3S/c1-21-14-17-25(18-15-21)36(34,35)32(23-12-8-5-9-13-23)29(33)28(22-10-6-4-7-11-22)26-19-16-24(31(2)3)20-27(26)30/h4-20,28H,1-3H3. The third-order valence-corrected chi connectivity index (χ3v) is 8.01. The maximum Gasteiger partial charge on any atom is 0.270 e. The van der Waals surface area contributed by atoms with Crippen molar-refractivity contribution in [2.75, 3.05) is 23.3 Å². The quantitative estimate of drug-likeness (QED) is 0.289. The Morgan fingerprint density at radius 1 is 0.778 bits per heavy atom. The Kier molecular flexibility index (Phi) is 7.48. The van der Waals surface area contributed by atoms with Crippen LogP contribution < -0.4 is 9.21 Å². The minimum atomic E-state index is -4.23. The van der Waals surface area contributed by atoms with E-state index < -0.39 is 21.8 Å². The first kappa shape index (κ1) is 25.5. The molecule has 0 radical (unpaired) electrons. The summed E-state index contributed by atoms with van der Waals surface area (Å²) in [5.41, 5.74) is 3.21. The molecule has 0 saturated heterocycles. The lowest BCUT2D eigenvalue weighted by atomic mass is 9.90. The summed E-state index contributed by atoms with van der Waals surface area (Å²) in [6, 6.07) is 29.4. The van der Waals surface area contributed by atoms with E-state index in [2.05, 4.69) is 0 Å². The molecule has 5 nitrogen and oxygen atoms in total. The molecule has 4 aromatic rings. The molecule has 0 heterocycles. The van der Waals surface area contributed by atoms with E-state index in [1.54, 1.807) is 66.7 Å². The lowest BCUT2D eigenvalue weighted by Crippen LogP contribution is -2.40. The van der Waals surface area contributed by atoms with Crippen molar-refractivity contribution in [2.24, 2.45) is 0 Å². The van der Waals surface area contributed by atoms with Crippen molar-refractivity contribution in [2.45, 2.75) is 17.7 Å². The topological polar surface area (TPSA) is 57.7 Å². The van der Waals surface area contributed by atoms with E-state index in [9.17, 15) is 13.2 Å². The van der Waals surface area contributed by atoms with Crippen LogP contribution in [0.2, 0.25) is 5.02 Å². The van der Waals surface area contributed by atoms with Gasteiger partial charge in [-0.05, 0) is 54.4 Å². The van der Waals surface area contributed by atoms with Crippen molar-refractivity contribution in [1.29, 1.82) is 0 Å². The van der Waals surface area contributed by atoms with Crippen LogP contribution in [0.3, 0.4) is 0 Å². The molecular weight excluding hydrogens is 492 g/mol. The molecule has 0 N–H and O–H groups in total. The summed E-state index contributed by atoms with van der Waals surface area (Å²) in [5.74, 6) is -1.57. The molecule has 1 atom stereocenters. The molecule has 1 amide bonds. The Balaban J connectivity index is 1.92. The highest BCUT2D eigenvalue weighted by Crippen LogP contribution is 2.37. The SMILES string of the molecule is Cc1ccc(S(=O)(=O)N(C(=O)C(c2ccccc2)c2ccc(N(C)C)cc2Cl)c2ccccc2)cc1. The second-order valence-corrected chi connectivity index (χ2v) is 10.9. The molecule has 7 heteroatoms.